The first-order chi connectivity index (χ1) is 10.9. The molecule has 4 rings (SSSR count). The molecule has 0 amide bonds. The van der Waals surface area contributed by atoms with Crippen LogP contribution in [0.2, 0.25) is 0 Å². The summed E-state index contributed by atoms with van der Waals surface area (Å²) < 4.78 is 0. The fourth-order valence-electron chi connectivity index (χ4n) is 4.81. The van der Waals surface area contributed by atoms with E-state index in [1.165, 1.54) is 64.3 Å². The van der Waals surface area contributed by atoms with Gasteiger partial charge in [0, 0.05) is 6.04 Å². The Morgan fingerprint density at radius 1 is 0.864 bits per heavy atom. The number of rotatable bonds is 2. The lowest BCUT2D eigenvalue weighted by Crippen LogP contribution is -2.43. The molecule has 1 aliphatic heterocycles. The Hall–Kier alpha value is -1.08. The summed E-state index contributed by atoms with van der Waals surface area (Å²) in [5, 5.41) is 3.86. The van der Waals surface area contributed by atoms with Crippen molar-refractivity contribution < 1.29 is 0 Å². The first kappa shape index (κ1) is 14.5. The third-order valence-corrected chi connectivity index (χ3v) is 6.30. The third kappa shape index (κ3) is 3.01. The van der Waals surface area contributed by atoms with Crippen molar-refractivity contribution in [1.82, 2.24) is 5.32 Å². The fraction of sp³-hybridized carbons (Fsp3) is 0.619. The second kappa shape index (κ2) is 6.58. The van der Waals surface area contributed by atoms with Crippen molar-refractivity contribution in [2.24, 2.45) is 5.92 Å². The summed E-state index contributed by atoms with van der Waals surface area (Å²) in [6, 6.07) is 11.9. The highest BCUT2D eigenvalue weighted by Gasteiger charge is 2.31. The molecule has 22 heavy (non-hydrogen) atoms. The van der Waals surface area contributed by atoms with Crippen LogP contribution in [0, 0.1) is 5.92 Å². The molecule has 0 spiro atoms. The summed E-state index contributed by atoms with van der Waals surface area (Å²) in [7, 11) is 0. The van der Waals surface area contributed by atoms with Crippen molar-refractivity contribution in [2.75, 3.05) is 6.54 Å². The van der Waals surface area contributed by atoms with Gasteiger partial charge >= 0.3 is 0 Å². The Morgan fingerprint density at radius 2 is 1.68 bits per heavy atom. The van der Waals surface area contributed by atoms with Gasteiger partial charge in [-0.2, -0.15) is 0 Å². The molecular weight excluding hydrogens is 266 g/mol. The predicted octanol–water partition coefficient (Wildman–Crippen LogP) is 5.19. The highest BCUT2D eigenvalue weighted by atomic mass is 14.9. The zero-order chi connectivity index (χ0) is 14.8. The second-order valence-corrected chi connectivity index (χ2v) is 7.61. The van der Waals surface area contributed by atoms with E-state index < -0.39 is 0 Å². The molecule has 1 aromatic carbocycles. The molecular formula is C21H29N. The van der Waals surface area contributed by atoms with Crippen molar-refractivity contribution in [3.8, 4) is 0 Å². The maximum Gasteiger partial charge on any atom is 0.0104 e. The van der Waals surface area contributed by atoms with Gasteiger partial charge in [0.05, 0.1) is 0 Å². The number of benzene rings is 1. The van der Waals surface area contributed by atoms with Gasteiger partial charge in [0.25, 0.3) is 0 Å². The van der Waals surface area contributed by atoms with Crippen LogP contribution in [-0.2, 0) is 0 Å². The summed E-state index contributed by atoms with van der Waals surface area (Å²) in [6.07, 6.45) is 12.6. The number of hydrogen-bond acceptors (Lipinski definition) is 1. The average molecular weight is 295 g/mol. The van der Waals surface area contributed by atoms with Crippen LogP contribution in [0.15, 0.2) is 41.5 Å². The Balaban J connectivity index is 1.43. The van der Waals surface area contributed by atoms with Gasteiger partial charge in [-0.1, -0.05) is 41.5 Å². The van der Waals surface area contributed by atoms with Crippen LogP contribution in [0.1, 0.15) is 69.3 Å². The molecule has 3 unspecified atom stereocenters. The first-order valence-corrected chi connectivity index (χ1v) is 9.38. The van der Waals surface area contributed by atoms with Gasteiger partial charge < -0.3 is 5.32 Å². The molecule has 118 valence electrons. The summed E-state index contributed by atoms with van der Waals surface area (Å²) in [6.45, 7) is 1.20. The summed E-state index contributed by atoms with van der Waals surface area (Å²) in [5.41, 5.74) is 5.24. The molecule has 3 aliphatic rings. The molecule has 0 radical (unpaired) electrons. The standard InChI is InChI=1S/C21H29N/c1-2-6-16(7-3-1)19-12-13-22-21(15-19)20-11-5-10-18(14-20)17-8-4-9-17/h1-3,6-7,19-22H,4-5,8-15H2. The van der Waals surface area contributed by atoms with E-state index in [0.29, 0.717) is 0 Å². The Morgan fingerprint density at radius 3 is 2.45 bits per heavy atom. The van der Waals surface area contributed by atoms with Crippen LogP contribution in [0.5, 0.6) is 0 Å². The maximum absolute atomic E-state index is 3.86. The van der Waals surface area contributed by atoms with Gasteiger partial charge in [-0.3, -0.25) is 0 Å². The normalized spacial score (nSPS) is 32.6. The monoisotopic (exact) mass is 295 g/mol. The molecule has 0 aromatic heterocycles. The minimum atomic E-state index is 0.745. The molecule has 1 N–H and O–H groups in total. The highest BCUT2D eigenvalue weighted by molar-refractivity contribution is 5.23. The Kier molecular flexibility index (Phi) is 4.34. The van der Waals surface area contributed by atoms with E-state index in [0.717, 1.165) is 17.9 Å². The summed E-state index contributed by atoms with van der Waals surface area (Å²) in [4.78, 5) is 0. The molecule has 1 heterocycles. The maximum atomic E-state index is 3.86. The molecule has 1 aromatic rings. The minimum absolute atomic E-state index is 0.745. The van der Waals surface area contributed by atoms with E-state index in [9.17, 15) is 0 Å². The predicted molar refractivity (Wildman–Crippen MR) is 93.0 cm³/mol. The third-order valence-electron chi connectivity index (χ3n) is 6.30. The quantitative estimate of drug-likeness (QED) is 0.740. The van der Waals surface area contributed by atoms with Gasteiger partial charge in [-0.25, -0.2) is 0 Å². The van der Waals surface area contributed by atoms with E-state index in [1.54, 1.807) is 5.56 Å². The van der Waals surface area contributed by atoms with Crippen molar-refractivity contribution >= 4 is 0 Å². The number of hydrogen-bond donors (Lipinski definition) is 1. The summed E-state index contributed by atoms with van der Waals surface area (Å²) in [5.74, 6) is 1.66. The van der Waals surface area contributed by atoms with Crippen molar-refractivity contribution in [1.29, 1.82) is 0 Å². The highest BCUT2D eigenvalue weighted by Crippen LogP contribution is 2.41. The molecule has 3 atom stereocenters. The Labute approximate surface area is 135 Å². The lowest BCUT2D eigenvalue weighted by molar-refractivity contribution is 0.241. The van der Waals surface area contributed by atoms with Gasteiger partial charge in [-0.05, 0) is 81.7 Å². The lowest BCUT2D eigenvalue weighted by atomic mass is 9.72. The minimum Gasteiger partial charge on any atom is -0.314 e. The van der Waals surface area contributed by atoms with Crippen molar-refractivity contribution in [3.63, 3.8) is 0 Å². The lowest BCUT2D eigenvalue weighted by Gasteiger charge is -2.39. The van der Waals surface area contributed by atoms with Crippen LogP contribution < -0.4 is 5.32 Å². The van der Waals surface area contributed by atoms with E-state index in [4.69, 9.17) is 0 Å². The van der Waals surface area contributed by atoms with Crippen LogP contribution in [0.4, 0.5) is 0 Å². The van der Waals surface area contributed by atoms with Crippen LogP contribution in [0.3, 0.4) is 0 Å². The molecule has 1 heteroatoms. The molecule has 0 bridgehead atoms. The molecule has 2 saturated carbocycles. The smallest absolute Gasteiger partial charge is 0.0104 e. The fourth-order valence-corrected chi connectivity index (χ4v) is 4.81. The number of piperidine rings is 1. The van der Waals surface area contributed by atoms with Crippen molar-refractivity contribution in [3.05, 3.63) is 47.0 Å². The van der Waals surface area contributed by atoms with Gasteiger partial charge in [0.15, 0.2) is 0 Å². The number of allylic oxidation sites excluding steroid dienone is 2. The van der Waals surface area contributed by atoms with E-state index in [-0.39, 0.29) is 0 Å². The molecule has 2 aliphatic carbocycles. The van der Waals surface area contributed by atoms with Crippen LogP contribution >= 0.6 is 0 Å². The zero-order valence-electron chi connectivity index (χ0n) is 13.7. The van der Waals surface area contributed by atoms with Gasteiger partial charge in [0.2, 0.25) is 0 Å². The van der Waals surface area contributed by atoms with Gasteiger partial charge in [-0.15, -0.1) is 0 Å². The SMILES string of the molecule is c1ccc(C2CCNC(C3CCCC(=C4CCC4)C3)C2)cc1. The molecule has 1 nitrogen and oxygen atoms in total. The van der Waals surface area contributed by atoms with Crippen LogP contribution in [0.25, 0.3) is 0 Å². The van der Waals surface area contributed by atoms with Crippen LogP contribution in [-0.4, -0.2) is 12.6 Å². The summed E-state index contributed by atoms with van der Waals surface area (Å²) >= 11 is 0. The Bertz CT molecular complexity index is 524. The number of nitrogens with one attached hydrogen (secondary N) is 1. The molecule has 3 fully saturated rings. The van der Waals surface area contributed by atoms with E-state index >= 15 is 0 Å². The van der Waals surface area contributed by atoms with Crippen molar-refractivity contribution in [2.45, 2.75) is 69.7 Å². The molecule has 1 saturated heterocycles. The van der Waals surface area contributed by atoms with E-state index in [2.05, 4.69) is 35.6 Å². The van der Waals surface area contributed by atoms with E-state index in [1.807, 2.05) is 11.1 Å². The largest absolute Gasteiger partial charge is 0.314 e. The topological polar surface area (TPSA) is 12.0 Å². The second-order valence-electron chi connectivity index (χ2n) is 7.61. The average Bonchev–Trinajstić information content (AvgIpc) is 2.55. The van der Waals surface area contributed by atoms with Gasteiger partial charge in [0.1, 0.15) is 0 Å². The zero-order valence-corrected chi connectivity index (χ0v) is 13.7. The first-order valence-electron chi connectivity index (χ1n) is 9.38.